The van der Waals surface area contributed by atoms with Gasteiger partial charge in [0.1, 0.15) is 0 Å². The fraction of sp³-hybridized carbons (Fsp3) is 0.846. The van der Waals surface area contributed by atoms with Gasteiger partial charge in [-0.3, -0.25) is 0 Å². The van der Waals surface area contributed by atoms with E-state index in [1.54, 1.807) is 0 Å². The molecule has 1 aliphatic heterocycles. The maximum absolute atomic E-state index is 5.62. The van der Waals surface area contributed by atoms with E-state index in [4.69, 9.17) is 4.74 Å². The van der Waals surface area contributed by atoms with Gasteiger partial charge in [-0.1, -0.05) is 13.0 Å². The average Bonchev–Trinajstić information content (AvgIpc) is 2.71. The van der Waals surface area contributed by atoms with E-state index in [9.17, 15) is 0 Å². The van der Waals surface area contributed by atoms with Crippen LogP contribution in [0.25, 0.3) is 0 Å². The Balaban J connectivity index is 2.18. The fourth-order valence-corrected chi connectivity index (χ4v) is 2.27. The highest BCUT2D eigenvalue weighted by atomic mass is 16.5. The summed E-state index contributed by atoms with van der Waals surface area (Å²) in [6.45, 7) is 8.19. The molecule has 2 unspecified atom stereocenters. The van der Waals surface area contributed by atoms with E-state index in [0.29, 0.717) is 6.10 Å². The van der Waals surface area contributed by atoms with Crippen LogP contribution in [0.4, 0.5) is 0 Å². The molecular formula is C13H25NO. The van der Waals surface area contributed by atoms with Gasteiger partial charge in [-0.15, -0.1) is 6.58 Å². The van der Waals surface area contributed by atoms with Crippen LogP contribution in [-0.2, 0) is 4.74 Å². The Labute approximate surface area is 94.1 Å². The van der Waals surface area contributed by atoms with E-state index >= 15 is 0 Å². The van der Waals surface area contributed by atoms with Crippen LogP contribution in [0.15, 0.2) is 12.7 Å². The Morgan fingerprint density at radius 3 is 2.93 bits per heavy atom. The molecule has 1 fully saturated rings. The fourth-order valence-electron chi connectivity index (χ4n) is 2.27. The molecule has 15 heavy (non-hydrogen) atoms. The van der Waals surface area contributed by atoms with Crippen LogP contribution in [0.1, 0.15) is 39.0 Å². The molecule has 0 bridgehead atoms. The van der Waals surface area contributed by atoms with Crippen molar-refractivity contribution in [1.82, 2.24) is 5.32 Å². The number of hydrogen-bond acceptors (Lipinski definition) is 2. The van der Waals surface area contributed by atoms with Crippen molar-refractivity contribution in [2.45, 2.75) is 45.1 Å². The van der Waals surface area contributed by atoms with E-state index in [-0.39, 0.29) is 5.41 Å². The summed E-state index contributed by atoms with van der Waals surface area (Å²) in [5.74, 6) is 0. The number of ether oxygens (including phenoxy) is 1. The summed E-state index contributed by atoms with van der Waals surface area (Å²) >= 11 is 0. The largest absolute Gasteiger partial charge is 0.378 e. The summed E-state index contributed by atoms with van der Waals surface area (Å²) < 4.78 is 5.62. The maximum Gasteiger partial charge on any atom is 0.0576 e. The van der Waals surface area contributed by atoms with Crippen molar-refractivity contribution in [3.05, 3.63) is 12.7 Å². The zero-order valence-electron chi connectivity index (χ0n) is 10.2. The predicted octanol–water partition coefficient (Wildman–Crippen LogP) is 2.75. The molecule has 2 heteroatoms. The van der Waals surface area contributed by atoms with Gasteiger partial charge in [-0.05, 0) is 44.6 Å². The zero-order valence-corrected chi connectivity index (χ0v) is 10.2. The van der Waals surface area contributed by atoms with Gasteiger partial charge >= 0.3 is 0 Å². The minimum Gasteiger partial charge on any atom is -0.378 e. The van der Waals surface area contributed by atoms with Crippen LogP contribution in [0, 0.1) is 5.41 Å². The van der Waals surface area contributed by atoms with Crippen LogP contribution < -0.4 is 5.32 Å². The smallest absolute Gasteiger partial charge is 0.0576 e. The highest BCUT2D eigenvalue weighted by Gasteiger charge is 2.21. The van der Waals surface area contributed by atoms with Crippen LogP contribution >= 0.6 is 0 Å². The van der Waals surface area contributed by atoms with Crippen LogP contribution in [0.2, 0.25) is 0 Å². The van der Waals surface area contributed by atoms with Crippen molar-refractivity contribution < 1.29 is 4.74 Å². The summed E-state index contributed by atoms with van der Waals surface area (Å²) in [6.07, 6.45) is 8.79. The SMILES string of the molecule is C=CC(C)(CCCC1CCCO1)CNC. The van der Waals surface area contributed by atoms with Gasteiger partial charge in [0.25, 0.3) is 0 Å². The Kier molecular flexibility index (Phi) is 5.34. The molecule has 88 valence electrons. The monoisotopic (exact) mass is 211 g/mol. The van der Waals surface area contributed by atoms with Crippen LogP contribution in [-0.4, -0.2) is 26.3 Å². The Morgan fingerprint density at radius 2 is 2.40 bits per heavy atom. The molecule has 1 saturated heterocycles. The molecule has 1 rings (SSSR count). The standard InChI is InChI=1S/C13H25NO/c1-4-13(2,11-14-3)9-5-7-12-8-6-10-15-12/h4,12,14H,1,5-11H2,2-3H3. The highest BCUT2D eigenvalue weighted by molar-refractivity contribution is 4.92. The molecule has 0 spiro atoms. The molecule has 1 aliphatic rings. The van der Waals surface area contributed by atoms with Gasteiger partial charge in [0.05, 0.1) is 6.10 Å². The molecular weight excluding hydrogens is 186 g/mol. The molecule has 1 heterocycles. The second kappa shape index (κ2) is 6.29. The molecule has 0 amide bonds. The minimum atomic E-state index is 0.243. The van der Waals surface area contributed by atoms with Gasteiger partial charge < -0.3 is 10.1 Å². The molecule has 2 atom stereocenters. The third-order valence-corrected chi connectivity index (χ3v) is 3.37. The molecule has 1 N–H and O–H groups in total. The lowest BCUT2D eigenvalue weighted by atomic mass is 9.84. The Hall–Kier alpha value is -0.340. The lowest BCUT2D eigenvalue weighted by Gasteiger charge is -2.25. The van der Waals surface area contributed by atoms with Crippen LogP contribution in [0.3, 0.4) is 0 Å². The Morgan fingerprint density at radius 1 is 1.60 bits per heavy atom. The summed E-state index contributed by atoms with van der Waals surface area (Å²) in [7, 11) is 2.00. The van der Waals surface area contributed by atoms with Crippen molar-refractivity contribution in [3.8, 4) is 0 Å². The van der Waals surface area contributed by atoms with Gasteiger partial charge in [0.2, 0.25) is 0 Å². The third kappa shape index (κ3) is 4.35. The first-order valence-corrected chi connectivity index (χ1v) is 6.10. The van der Waals surface area contributed by atoms with Gasteiger partial charge in [-0.25, -0.2) is 0 Å². The molecule has 0 aromatic rings. The first-order chi connectivity index (χ1) is 7.20. The average molecular weight is 211 g/mol. The number of hydrogen-bond donors (Lipinski definition) is 1. The second-order valence-corrected chi connectivity index (χ2v) is 4.92. The highest BCUT2D eigenvalue weighted by Crippen LogP contribution is 2.26. The normalized spacial score (nSPS) is 25.1. The summed E-state index contributed by atoms with van der Waals surface area (Å²) in [5, 5.41) is 3.24. The quantitative estimate of drug-likeness (QED) is 0.654. The molecule has 0 radical (unpaired) electrons. The van der Waals surface area contributed by atoms with Crippen molar-refractivity contribution in [1.29, 1.82) is 0 Å². The van der Waals surface area contributed by atoms with Gasteiger partial charge in [0.15, 0.2) is 0 Å². The summed E-state index contributed by atoms with van der Waals surface area (Å²) in [4.78, 5) is 0. The lowest BCUT2D eigenvalue weighted by Crippen LogP contribution is -2.27. The van der Waals surface area contributed by atoms with Crippen molar-refractivity contribution in [2.75, 3.05) is 20.2 Å². The van der Waals surface area contributed by atoms with Crippen molar-refractivity contribution in [2.24, 2.45) is 5.41 Å². The van der Waals surface area contributed by atoms with Crippen LogP contribution in [0.5, 0.6) is 0 Å². The number of rotatable bonds is 7. The predicted molar refractivity (Wildman–Crippen MR) is 65.1 cm³/mol. The minimum absolute atomic E-state index is 0.243. The summed E-state index contributed by atoms with van der Waals surface area (Å²) in [5.41, 5.74) is 0.243. The Bertz CT molecular complexity index is 187. The van der Waals surface area contributed by atoms with Gasteiger partial charge in [-0.2, -0.15) is 0 Å². The molecule has 0 aromatic carbocycles. The van der Waals surface area contributed by atoms with E-state index < -0.39 is 0 Å². The molecule has 0 saturated carbocycles. The third-order valence-electron chi connectivity index (χ3n) is 3.37. The maximum atomic E-state index is 5.62. The van der Waals surface area contributed by atoms with Crippen molar-refractivity contribution >= 4 is 0 Å². The first kappa shape index (κ1) is 12.7. The van der Waals surface area contributed by atoms with E-state index in [0.717, 1.165) is 13.2 Å². The molecule has 0 aromatic heterocycles. The van der Waals surface area contributed by atoms with E-state index in [1.807, 2.05) is 7.05 Å². The first-order valence-electron chi connectivity index (χ1n) is 6.10. The lowest BCUT2D eigenvalue weighted by molar-refractivity contribution is 0.0996. The second-order valence-electron chi connectivity index (χ2n) is 4.92. The van der Waals surface area contributed by atoms with E-state index in [1.165, 1.54) is 32.1 Å². The topological polar surface area (TPSA) is 21.3 Å². The van der Waals surface area contributed by atoms with E-state index in [2.05, 4.69) is 24.9 Å². The zero-order chi connectivity index (χ0) is 11.1. The van der Waals surface area contributed by atoms with Crippen molar-refractivity contribution in [3.63, 3.8) is 0 Å². The van der Waals surface area contributed by atoms with Gasteiger partial charge in [0, 0.05) is 13.2 Å². The number of nitrogens with one attached hydrogen (secondary N) is 1. The molecule has 2 nitrogen and oxygen atoms in total. The molecule has 0 aliphatic carbocycles. The summed E-state index contributed by atoms with van der Waals surface area (Å²) in [6, 6.07) is 0.